The Morgan fingerprint density at radius 2 is 1.75 bits per heavy atom. The van der Waals surface area contributed by atoms with E-state index in [4.69, 9.17) is 5.11 Å². The summed E-state index contributed by atoms with van der Waals surface area (Å²) in [7, 11) is 2.26. The molecular formula is C23H34BN2O2. The Kier molecular flexibility index (Phi) is 7.87. The SMILES string of the molecule is CCC1=CC(CCCCCCCCCCCC(=O)O)N2[B]n3cccc3C=C12. The Hall–Kier alpha value is -1.91. The summed E-state index contributed by atoms with van der Waals surface area (Å²) >= 11 is 0. The summed E-state index contributed by atoms with van der Waals surface area (Å²) in [5.41, 5.74) is 4.15. The number of nitrogens with zero attached hydrogens (tertiary/aromatic N) is 2. The van der Waals surface area contributed by atoms with Gasteiger partial charge in [0.05, 0.1) is 0 Å². The molecule has 151 valence electrons. The van der Waals surface area contributed by atoms with E-state index in [0.717, 1.165) is 19.3 Å². The van der Waals surface area contributed by atoms with Gasteiger partial charge in [0.2, 0.25) is 0 Å². The zero-order valence-corrected chi connectivity index (χ0v) is 17.3. The van der Waals surface area contributed by atoms with Crippen molar-refractivity contribution in [2.75, 3.05) is 0 Å². The number of carboxylic acid groups (broad SMARTS) is 1. The van der Waals surface area contributed by atoms with E-state index in [9.17, 15) is 4.79 Å². The average molecular weight is 381 g/mol. The second-order valence-electron chi connectivity index (χ2n) is 8.12. The fourth-order valence-electron chi connectivity index (χ4n) is 4.35. The molecule has 1 atom stereocenters. The van der Waals surface area contributed by atoms with E-state index in [0.29, 0.717) is 12.5 Å². The quantitative estimate of drug-likeness (QED) is 0.356. The number of hydrogen-bond donors (Lipinski definition) is 1. The monoisotopic (exact) mass is 381 g/mol. The second-order valence-corrected chi connectivity index (χ2v) is 8.12. The van der Waals surface area contributed by atoms with Gasteiger partial charge in [0.15, 0.2) is 0 Å². The maximum absolute atomic E-state index is 10.5. The third-order valence-electron chi connectivity index (χ3n) is 5.97. The Balaban J connectivity index is 1.29. The molecule has 0 saturated carbocycles. The number of aromatic nitrogens is 1. The zero-order chi connectivity index (χ0) is 19.8. The van der Waals surface area contributed by atoms with Crippen molar-refractivity contribution in [2.45, 2.75) is 90.0 Å². The number of unbranched alkanes of at least 4 members (excludes halogenated alkanes) is 8. The van der Waals surface area contributed by atoms with Crippen molar-refractivity contribution in [1.82, 2.24) is 9.29 Å². The number of aliphatic carboxylic acids is 1. The summed E-state index contributed by atoms with van der Waals surface area (Å²) in [4.78, 5) is 12.9. The Morgan fingerprint density at radius 1 is 1.07 bits per heavy atom. The van der Waals surface area contributed by atoms with Gasteiger partial charge in [0.25, 0.3) is 0 Å². The molecule has 0 aromatic carbocycles. The summed E-state index contributed by atoms with van der Waals surface area (Å²) in [6.45, 7) is 2.25. The third kappa shape index (κ3) is 5.56. The average Bonchev–Trinajstić information content (AvgIpc) is 3.28. The minimum atomic E-state index is -0.665. The van der Waals surface area contributed by atoms with Crippen LogP contribution in [0, 0.1) is 0 Å². The van der Waals surface area contributed by atoms with Crippen LogP contribution in [0.1, 0.15) is 89.7 Å². The van der Waals surface area contributed by atoms with Crippen molar-refractivity contribution < 1.29 is 9.90 Å². The normalized spacial score (nSPS) is 17.6. The molecular weight excluding hydrogens is 347 g/mol. The molecule has 1 radical (unpaired) electrons. The summed E-state index contributed by atoms with van der Waals surface area (Å²) in [6.07, 6.45) is 20.4. The maximum Gasteiger partial charge on any atom is 0.396 e. The van der Waals surface area contributed by atoms with Crippen molar-refractivity contribution >= 4 is 19.6 Å². The first kappa shape index (κ1) is 20.8. The molecule has 1 N–H and O–H groups in total. The van der Waals surface area contributed by atoms with Crippen molar-refractivity contribution in [2.24, 2.45) is 0 Å². The van der Waals surface area contributed by atoms with Gasteiger partial charge in [0.1, 0.15) is 0 Å². The van der Waals surface area contributed by atoms with Crippen LogP contribution in [0.3, 0.4) is 0 Å². The molecule has 0 saturated heterocycles. The molecule has 0 spiro atoms. The van der Waals surface area contributed by atoms with Gasteiger partial charge in [0, 0.05) is 23.9 Å². The summed E-state index contributed by atoms with van der Waals surface area (Å²) in [5.74, 6) is -0.665. The molecule has 28 heavy (non-hydrogen) atoms. The number of rotatable bonds is 13. The lowest BCUT2D eigenvalue weighted by molar-refractivity contribution is -0.137. The smallest absolute Gasteiger partial charge is 0.396 e. The van der Waals surface area contributed by atoms with E-state index in [-0.39, 0.29) is 0 Å². The fourth-order valence-corrected chi connectivity index (χ4v) is 4.35. The van der Waals surface area contributed by atoms with Crippen LogP contribution in [-0.2, 0) is 4.79 Å². The molecule has 0 bridgehead atoms. The standard InChI is InChI=1S/C23H34BN2O2/c1-2-19-17-21(26-22(19)18-20-14-12-16-25(20)24-26)13-10-8-6-4-3-5-7-9-11-15-23(27)28/h12,14,16-18,21H,2-11,13,15H2,1H3,(H,27,28). The maximum atomic E-state index is 10.5. The van der Waals surface area contributed by atoms with Gasteiger partial charge in [-0.2, -0.15) is 0 Å². The van der Waals surface area contributed by atoms with Crippen LogP contribution in [0.15, 0.2) is 35.7 Å². The van der Waals surface area contributed by atoms with Gasteiger partial charge in [-0.1, -0.05) is 64.4 Å². The van der Waals surface area contributed by atoms with E-state index in [2.05, 4.69) is 54.2 Å². The van der Waals surface area contributed by atoms with Crippen LogP contribution in [-0.4, -0.2) is 34.0 Å². The number of fused-ring (bicyclic) bond motifs is 2. The molecule has 5 heteroatoms. The topological polar surface area (TPSA) is 45.5 Å². The van der Waals surface area contributed by atoms with Crippen molar-refractivity contribution in [3.63, 3.8) is 0 Å². The van der Waals surface area contributed by atoms with Gasteiger partial charge in [-0.15, -0.1) is 0 Å². The van der Waals surface area contributed by atoms with Gasteiger partial charge in [-0.05, 0) is 49.2 Å². The number of allylic oxidation sites excluding steroid dienone is 1. The summed E-state index contributed by atoms with van der Waals surface area (Å²) in [5, 5.41) is 8.63. The molecule has 1 aromatic rings. The molecule has 1 unspecified atom stereocenters. The molecule has 2 aliphatic heterocycles. The first-order valence-electron chi connectivity index (χ1n) is 11.1. The molecule has 1 aromatic heterocycles. The van der Waals surface area contributed by atoms with E-state index in [1.807, 2.05) is 0 Å². The Morgan fingerprint density at radius 3 is 2.43 bits per heavy atom. The first-order valence-corrected chi connectivity index (χ1v) is 11.1. The van der Waals surface area contributed by atoms with E-state index in [1.54, 1.807) is 0 Å². The number of hydrogen-bond acceptors (Lipinski definition) is 2. The van der Waals surface area contributed by atoms with Crippen molar-refractivity contribution in [3.8, 4) is 0 Å². The van der Waals surface area contributed by atoms with E-state index in [1.165, 1.54) is 68.3 Å². The summed E-state index contributed by atoms with van der Waals surface area (Å²) < 4.78 is 2.22. The zero-order valence-electron chi connectivity index (χ0n) is 17.3. The fraction of sp³-hybridized carbons (Fsp3) is 0.609. The molecule has 0 aliphatic carbocycles. The van der Waals surface area contributed by atoms with Gasteiger partial charge >= 0.3 is 13.5 Å². The largest absolute Gasteiger partial charge is 0.481 e. The lowest BCUT2D eigenvalue weighted by Gasteiger charge is -2.31. The highest BCUT2D eigenvalue weighted by atomic mass is 16.4. The number of carboxylic acids is 1. The van der Waals surface area contributed by atoms with Crippen molar-refractivity contribution in [1.29, 1.82) is 0 Å². The van der Waals surface area contributed by atoms with E-state index >= 15 is 0 Å². The van der Waals surface area contributed by atoms with Crippen LogP contribution >= 0.6 is 0 Å². The van der Waals surface area contributed by atoms with Crippen LogP contribution < -0.4 is 0 Å². The number of carbonyl (C=O) groups is 1. The Bertz CT molecular complexity index is 707. The predicted octanol–water partition coefficient (Wildman–Crippen LogP) is 5.62. The van der Waals surface area contributed by atoms with Crippen LogP contribution in [0.5, 0.6) is 0 Å². The highest BCUT2D eigenvalue weighted by Crippen LogP contribution is 2.35. The molecule has 3 rings (SSSR count). The molecule has 2 aliphatic rings. The summed E-state index contributed by atoms with van der Waals surface area (Å²) in [6, 6.07) is 4.79. The van der Waals surface area contributed by atoms with Crippen LogP contribution in [0.4, 0.5) is 0 Å². The lowest BCUT2D eigenvalue weighted by atomic mass is 9.96. The minimum Gasteiger partial charge on any atom is -0.481 e. The van der Waals surface area contributed by atoms with Crippen LogP contribution in [0.2, 0.25) is 0 Å². The van der Waals surface area contributed by atoms with Gasteiger partial charge < -0.3 is 14.4 Å². The molecule has 0 amide bonds. The Labute approximate surface area is 170 Å². The highest BCUT2D eigenvalue weighted by molar-refractivity contribution is 6.33. The molecule has 4 nitrogen and oxygen atoms in total. The minimum absolute atomic E-state index is 0.326. The van der Waals surface area contributed by atoms with E-state index < -0.39 is 5.97 Å². The molecule has 0 fully saturated rings. The van der Waals surface area contributed by atoms with Crippen LogP contribution in [0.25, 0.3) is 6.08 Å². The second kappa shape index (κ2) is 10.6. The third-order valence-corrected chi connectivity index (χ3v) is 5.97. The highest BCUT2D eigenvalue weighted by Gasteiger charge is 2.31. The van der Waals surface area contributed by atoms with Crippen molar-refractivity contribution in [3.05, 3.63) is 41.4 Å². The molecule has 3 heterocycles. The predicted molar refractivity (Wildman–Crippen MR) is 116 cm³/mol. The lowest BCUT2D eigenvalue weighted by Crippen LogP contribution is -2.38. The first-order chi connectivity index (χ1) is 13.7. The van der Waals surface area contributed by atoms with Gasteiger partial charge in [-0.3, -0.25) is 4.79 Å². The van der Waals surface area contributed by atoms with Gasteiger partial charge in [-0.25, -0.2) is 0 Å².